The maximum atomic E-state index is 11.5. The lowest BCUT2D eigenvalue weighted by molar-refractivity contribution is -0.126. The molecule has 5 heteroatoms. The molecule has 2 heterocycles. The van der Waals surface area contributed by atoms with Crippen molar-refractivity contribution in [1.82, 2.24) is 9.88 Å². The van der Waals surface area contributed by atoms with Crippen molar-refractivity contribution in [3.8, 4) is 0 Å². The molecule has 0 saturated carbocycles. The van der Waals surface area contributed by atoms with E-state index in [2.05, 4.69) is 28.2 Å². The molecule has 2 rings (SSSR count). The molecule has 1 aromatic heterocycles. The van der Waals surface area contributed by atoms with Crippen LogP contribution >= 0.6 is 0 Å². The lowest BCUT2D eigenvalue weighted by Crippen LogP contribution is -2.37. The van der Waals surface area contributed by atoms with E-state index < -0.39 is 0 Å². The van der Waals surface area contributed by atoms with Crippen LogP contribution in [-0.4, -0.2) is 35.4 Å². The predicted molar refractivity (Wildman–Crippen MR) is 80.2 cm³/mol. The summed E-state index contributed by atoms with van der Waals surface area (Å²) >= 11 is 0. The van der Waals surface area contributed by atoms with E-state index in [1.165, 1.54) is 5.56 Å². The summed E-state index contributed by atoms with van der Waals surface area (Å²) in [5, 5.41) is 3.35. The largest absolute Gasteiger partial charge is 0.370 e. The first kappa shape index (κ1) is 14.8. The van der Waals surface area contributed by atoms with Crippen LogP contribution in [-0.2, 0) is 11.3 Å². The SMILES string of the molecule is CCCNc1ncccc1CN1CCC(C)(C(N)=O)C1. The summed E-state index contributed by atoms with van der Waals surface area (Å²) < 4.78 is 0. The highest BCUT2D eigenvalue weighted by molar-refractivity contribution is 5.81. The summed E-state index contributed by atoms with van der Waals surface area (Å²) in [6.07, 6.45) is 3.71. The number of amides is 1. The van der Waals surface area contributed by atoms with Gasteiger partial charge in [-0.1, -0.05) is 13.0 Å². The predicted octanol–water partition coefficient (Wildman–Crippen LogP) is 1.60. The molecular weight excluding hydrogens is 252 g/mol. The fraction of sp³-hybridized carbons (Fsp3) is 0.600. The number of nitrogens with two attached hydrogens (primary N) is 1. The van der Waals surface area contributed by atoms with Crippen molar-refractivity contribution in [2.45, 2.75) is 33.2 Å². The molecule has 1 amide bonds. The average molecular weight is 276 g/mol. The van der Waals surface area contributed by atoms with Crippen molar-refractivity contribution in [2.24, 2.45) is 11.1 Å². The van der Waals surface area contributed by atoms with E-state index in [0.29, 0.717) is 0 Å². The van der Waals surface area contributed by atoms with Gasteiger partial charge in [-0.25, -0.2) is 4.98 Å². The molecular formula is C15H24N4O. The standard InChI is InChI=1S/C15H24N4O/c1-3-7-17-13-12(5-4-8-18-13)10-19-9-6-15(2,11-19)14(16)20/h4-5,8H,3,6-7,9-11H2,1-2H3,(H2,16,20)(H,17,18). The Labute approximate surface area is 120 Å². The molecule has 0 radical (unpaired) electrons. The molecule has 5 nitrogen and oxygen atoms in total. The summed E-state index contributed by atoms with van der Waals surface area (Å²) in [6.45, 7) is 7.45. The zero-order valence-corrected chi connectivity index (χ0v) is 12.4. The maximum absolute atomic E-state index is 11.5. The summed E-state index contributed by atoms with van der Waals surface area (Å²) in [6, 6.07) is 4.04. The lowest BCUT2D eigenvalue weighted by Gasteiger charge is -2.21. The van der Waals surface area contributed by atoms with Crippen LogP contribution in [0.1, 0.15) is 32.3 Å². The van der Waals surface area contributed by atoms with Gasteiger partial charge in [0.15, 0.2) is 0 Å². The molecule has 1 atom stereocenters. The van der Waals surface area contributed by atoms with Crippen LogP contribution in [0, 0.1) is 5.41 Å². The molecule has 110 valence electrons. The highest BCUT2D eigenvalue weighted by atomic mass is 16.1. The van der Waals surface area contributed by atoms with Gasteiger partial charge in [0.2, 0.25) is 5.91 Å². The molecule has 1 aromatic rings. The maximum Gasteiger partial charge on any atom is 0.224 e. The summed E-state index contributed by atoms with van der Waals surface area (Å²) in [5.41, 5.74) is 6.28. The van der Waals surface area contributed by atoms with Crippen LogP contribution in [0.4, 0.5) is 5.82 Å². The van der Waals surface area contributed by atoms with E-state index in [1.807, 2.05) is 13.0 Å². The first-order chi connectivity index (χ1) is 9.55. The molecule has 1 saturated heterocycles. The second-order valence-electron chi connectivity index (χ2n) is 5.82. The molecule has 1 aliphatic heterocycles. The van der Waals surface area contributed by atoms with Crippen molar-refractivity contribution < 1.29 is 4.79 Å². The van der Waals surface area contributed by atoms with E-state index >= 15 is 0 Å². The number of anilines is 1. The van der Waals surface area contributed by atoms with Crippen LogP contribution in [0.2, 0.25) is 0 Å². The molecule has 20 heavy (non-hydrogen) atoms. The Kier molecular flexibility index (Phi) is 4.60. The smallest absolute Gasteiger partial charge is 0.224 e. The highest BCUT2D eigenvalue weighted by Crippen LogP contribution is 2.31. The lowest BCUT2D eigenvalue weighted by atomic mass is 9.89. The third kappa shape index (κ3) is 3.28. The first-order valence-electron chi connectivity index (χ1n) is 7.25. The second kappa shape index (κ2) is 6.22. The van der Waals surface area contributed by atoms with Gasteiger partial charge in [-0.2, -0.15) is 0 Å². The van der Waals surface area contributed by atoms with E-state index in [4.69, 9.17) is 5.73 Å². The van der Waals surface area contributed by atoms with Gasteiger partial charge in [0, 0.05) is 31.4 Å². The number of primary amides is 1. The molecule has 0 spiro atoms. The van der Waals surface area contributed by atoms with Gasteiger partial charge >= 0.3 is 0 Å². The van der Waals surface area contributed by atoms with E-state index in [-0.39, 0.29) is 11.3 Å². The Morgan fingerprint density at radius 1 is 1.60 bits per heavy atom. The Balaban J connectivity index is 2.02. The van der Waals surface area contributed by atoms with Crippen molar-refractivity contribution >= 4 is 11.7 Å². The molecule has 0 aliphatic carbocycles. The quantitative estimate of drug-likeness (QED) is 0.828. The van der Waals surface area contributed by atoms with Crippen LogP contribution < -0.4 is 11.1 Å². The summed E-state index contributed by atoms with van der Waals surface area (Å²) in [5.74, 6) is 0.748. The number of hydrogen-bond donors (Lipinski definition) is 2. The first-order valence-corrected chi connectivity index (χ1v) is 7.25. The van der Waals surface area contributed by atoms with Crippen LogP contribution in [0.25, 0.3) is 0 Å². The highest BCUT2D eigenvalue weighted by Gasteiger charge is 2.38. The number of carbonyl (C=O) groups excluding carboxylic acids is 1. The van der Waals surface area contributed by atoms with Gasteiger partial charge < -0.3 is 11.1 Å². The van der Waals surface area contributed by atoms with Crippen molar-refractivity contribution in [1.29, 1.82) is 0 Å². The fourth-order valence-corrected chi connectivity index (χ4v) is 2.60. The van der Waals surface area contributed by atoms with Crippen molar-refractivity contribution in [3.63, 3.8) is 0 Å². The van der Waals surface area contributed by atoms with E-state index in [9.17, 15) is 4.79 Å². The van der Waals surface area contributed by atoms with Gasteiger partial charge in [-0.3, -0.25) is 9.69 Å². The Hall–Kier alpha value is -1.62. The number of rotatable bonds is 6. The van der Waals surface area contributed by atoms with Crippen LogP contribution in [0.3, 0.4) is 0 Å². The Bertz CT molecular complexity index is 477. The zero-order valence-electron chi connectivity index (χ0n) is 12.4. The number of hydrogen-bond acceptors (Lipinski definition) is 4. The van der Waals surface area contributed by atoms with Crippen LogP contribution in [0.15, 0.2) is 18.3 Å². The van der Waals surface area contributed by atoms with Gasteiger partial charge in [-0.15, -0.1) is 0 Å². The number of aromatic nitrogens is 1. The third-order valence-corrected chi connectivity index (χ3v) is 3.97. The van der Waals surface area contributed by atoms with E-state index in [0.717, 1.165) is 44.8 Å². The molecule has 3 N–H and O–H groups in total. The van der Waals surface area contributed by atoms with Gasteiger partial charge in [0.05, 0.1) is 5.41 Å². The van der Waals surface area contributed by atoms with Crippen LogP contribution in [0.5, 0.6) is 0 Å². The monoisotopic (exact) mass is 276 g/mol. The van der Waals surface area contributed by atoms with Crippen molar-refractivity contribution in [2.75, 3.05) is 25.0 Å². The topological polar surface area (TPSA) is 71.2 Å². The number of pyridine rings is 1. The minimum atomic E-state index is -0.390. The van der Waals surface area contributed by atoms with Gasteiger partial charge in [-0.05, 0) is 32.4 Å². The number of carbonyl (C=O) groups is 1. The minimum Gasteiger partial charge on any atom is -0.370 e. The molecule has 1 aliphatic rings. The molecule has 1 unspecified atom stereocenters. The Morgan fingerprint density at radius 2 is 2.40 bits per heavy atom. The van der Waals surface area contributed by atoms with Crippen molar-refractivity contribution in [3.05, 3.63) is 23.9 Å². The fourth-order valence-electron chi connectivity index (χ4n) is 2.60. The second-order valence-corrected chi connectivity index (χ2v) is 5.82. The molecule has 0 aromatic carbocycles. The number of nitrogens with one attached hydrogen (secondary N) is 1. The Morgan fingerprint density at radius 3 is 3.05 bits per heavy atom. The summed E-state index contributed by atoms with van der Waals surface area (Å²) in [4.78, 5) is 18.2. The van der Waals surface area contributed by atoms with E-state index in [1.54, 1.807) is 6.20 Å². The number of likely N-dealkylation sites (tertiary alicyclic amines) is 1. The minimum absolute atomic E-state index is 0.199. The third-order valence-electron chi connectivity index (χ3n) is 3.97. The number of nitrogens with zero attached hydrogens (tertiary/aromatic N) is 2. The zero-order chi connectivity index (χ0) is 14.6. The molecule has 1 fully saturated rings. The summed E-state index contributed by atoms with van der Waals surface area (Å²) in [7, 11) is 0. The van der Waals surface area contributed by atoms with Gasteiger partial charge in [0.1, 0.15) is 5.82 Å². The van der Waals surface area contributed by atoms with Gasteiger partial charge in [0.25, 0.3) is 0 Å². The molecule has 0 bridgehead atoms. The normalized spacial score (nSPS) is 22.9. The average Bonchev–Trinajstić information content (AvgIpc) is 2.81.